The third-order valence-electron chi connectivity index (χ3n) is 7.92. The van der Waals surface area contributed by atoms with Gasteiger partial charge in [-0.25, -0.2) is 4.57 Å². The quantitative estimate of drug-likeness (QED) is 0.0288. The van der Waals surface area contributed by atoms with Gasteiger partial charge in [0.1, 0.15) is 13.2 Å². The summed E-state index contributed by atoms with van der Waals surface area (Å²) in [5.41, 5.74) is 0. The smallest absolute Gasteiger partial charge is 0.387 e. The fourth-order valence-electron chi connectivity index (χ4n) is 4.91. The van der Waals surface area contributed by atoms with Crippen molar-refractivity contribution in [2.24, 2.45) is 0 Å². The second-order valence-electron chi connectivity index (χ2n) is 13.6. The molecule has 0 bridgehead atoms. The molecule has 3 unspecified atom stereocenters. The average Bonchev–Trinajstić information content (AvgIpc) is 2.97. The number of carbonyl (C=O) groups excluding carboxylic acids is 1. The van der Waals surface area contributed by atoms with E-state index in [2.05, 4.69) is 31.3 Å². The summed E-state index contributed by atoms with van der Waals surface area (Å²) in [6.45, 7) is 4.70. The lowest BCUT2D eigenvalue weighted by atomic mass is 10.1. The molecule has 9 heteroatoms. The van der Waals surface area contributed by atoms with Crippen molar-refractivity contribution in [2.75, 3.05) is 40.9 Å². The molecule has 0 aliphatic heterocycles. The lowest BCUT2D eigenvalue weighted by molar-refractivity contribution is -0.870. The van der Waals surface area contributed by atoms with E-state index in [-0.39, 0.29) is 19.1 Å². The number of nitrogens with zero attached hydrogens (tertiary/aromatic N) is 1. The summed E-state index contributed by atoms with van der Waals surface area (Å²) in [7, 11) is 1.56. The fourth-order valence-corrected chi connectivity index (χ4v) is 5.65. The predicted molar refractivity (Wildman–Crippen MR) is 189 cm³/mol. The topological polar surface area (TPSA) is 105 Å². The van der Waals surface area contributed by atoms with Crippen LogP contribution >= 0.6 is 7.82 Å². The van der Waals surface area contributed by atoms with Gasteiger partial charge in [-0.3, -0.25) is 13.8 Å². The van der Waals surface area contributed by atoms with E-state index < -0.39 is 20.0 Å². The van der Waals surface area contributed by atoms with Gasteiger partial charge < -0.3 is 19.8 Å². The van der Waals surface area contributed by atoms with Crippen LogP contribution in [0.2, 0.25) is 0 Å². The maximum atomic E-state index is 12.7. The van der Waals surface area contributed by atoms with E-state index in [4.69, 9.17) is 9.05 Å². The van der Waals surface area contributed by atoms with Crippen LogP contribution < -0.4 is 5.32 Å². The zero-order chi connectivity index (χ0) is 33.7. The molecule has 0 rings (SSSR count). The van der Waals surface area contributed by atoms with Crippen LogP contribution in [-0.2, 0) is 18.4 Å². The molecule has 1 amide bonds. The molecule has 0 saturated carbocycles. The van der Waals surface area contributed by atoms with Crippen molar-refractivity contribution >= 4 is 13.7 Å². The highest BCUT2D eigenvalue weighted by Crippen LogP contribution is 2.43. The Kier molecular flexibility index (Phi) is 28.5. The second kappa shape index (κ2) is 29.1. The Morgan fingerprint density at radius 2 is 1.20 bits per heavy atom. The number of nitrogens with one attached hydrogen (secondary N) is 1. The first-order valence-electron chi connectivity index (χ1n) is 18.2. The van der Waals surface area contributed by atoms with E-state index >= 15 is 0 Å². The van der Waals surface area contributed by atoms with E-state index in [1.54, 1.807) is 6.08 Å². The molecule has 0 heterocycles. The van der Waals surface area contributed by atoms with Gasteiger partial charge in [0.05, 0.1) is 39.9 Å². The fraction of sp³-hybridized carbons (Fsp3) is 0.861. The average molecular weight is 660 g/mol. The first-order valence-corrected chi connectivity index (χ1v) is 19.7. The molecule has 0 radical (unpaired) electrons. The van der Waals surface area contributed by atoms with Gasteiger partial charge in [-0.05, 0) is 44.9 Å². The van der Waals surface area contributed by atoms with Crippen LogP contribution in [0.4, 0.5) is 0 Å². The van der Waals surface area contributed by atoms with Crippen molar-refractivity contribution in [2.45, 2.75) is 161 Å². The molecule has 0 aromatic rings. The summed E-state index contributed by atoms with van der Waals surface area (Å²) in [4.78, 5) is 22.8. The van der Waals surface area contributed by atoms with Crippen LogP contribution in [-0.4, -0.2) is 73.4 Å². The molecule has 266 valence electrons. The van der Waals surface area contributed by atoms with Gasteiger partial charge in [0, 0.05) is 6.42 Å². The zero-order valence-corrected chi connectivity index (χ0v) is 30.8. The molecule has 0 fully saturated rings. The minimum absolute atomic E-state index is 0.0604. The number of phosphoric acid groups is 1. The number of hydrogen-bond acceptors (Lipinski definition) is 5. The van der Waals surface area contributed by atoms with Crippen LogP contribution in [0.5, 0.6) is 0 Å². The minimum atomic E-state index is -4.32. The summed E-state index contributed by atoms with van der Waals surface area (Å²) < 4.78 is 23.3. The molecular formula is C36H72N2O6P+. The number of carbonyl (C=O) groups is 1. The zero-order valence-electron chi connectivity index (χ0n) is 29.9. The lowest BCUT2D eigenvalue weighted by Gasteiger charge is -2.25. The SMILES string of the molecule is CCCCCC/C=C/C(O)C(COP(=O)(O)OCC[N+](C)(C)C)NC(=O)CCCCCCCCC/C=C\CCCCCCCC. The Balaban J connectivity index is 4.34. The predicted octanol–water partition coefficient (Wildman–Crippen LogP) is 9.02. The number of quaternary nitrogens is 1. The van der Waals surface area contributed by atoms with Gasteiger partial charge in [-0.1, -0.05) is 122 Å². The van der Waals surface area contributed by atoms with Crippen molar-refractivity contribution in [3.63, 3.8) is 0 Å². The second-order valence-corrected chi connectivity index (χ2v) is 15.0. The molecule has 0 aliphatic rings. The number of aliphatic hydroxyl groups is 1. The molecule has 0 aromatic heterocycles. The molecule has 0 aromatic carbocycles. The Bertz CT molecular complexity index is 799. The molecule has 0 spiro atoms. The number of phosphoric ester groups is 1. The number of rotatable bonds is 32. The van der Waals surface area contributed by atoms with Crippen LogP contribution in [0.1, 0.15) is 149 Å². The third-order valence-corrected chi connectivity index (χ3v) is 8.90. The van der Waals surface area contributed by atoms with E-state index in [1.165, 1.54) is 83.5 Å². The Morgan fingerprint density at radius 3 is 1.73 bits per heavy atom. The first-order chi connectivity index (χ1) is 21.5. The summed E-state index contributed by atoms with van der Waals surface area (Å²) >= 11 is 0. The van der Waals surface area contributed by atoms with Crippen LogP contribution in [0.3, 0.4) is 0 Å². The van der Waals surface area contributed by atoms with Gasteiger partial charge in [0.25, 0.3) is 0 Å². The van der Waals surface area contributed by atoms with Gasteiger partial charge >= 0.3 is 7.82 Å². The summed E-state index contributed by atoms with van der Waals surface area (Å²) in [6.07, 6.45) is 31.2. The highest BCUT2D eigenvalue weighted by molar-refractivity contribution is 7.47. The molecule has 3 atom stereocenters. The highest BCUT2D eigenvalue weighted by atomic mass is 31.2. The van der Waals surface area contributed by atoms with Gasteiger partial charge in [-0.2, -0.15) is 0 Å². The van der Waals surface area contributed by atoms with Crippen LogP contribution in [0.15, 0.2) is 24.3 Å². The number of unbranched alkanes of at least 4 members (excludes halogenated alkanes) is 17. The summed E-state index contributed by atoms with van der Waals surface area (Å²) in [5, 5.41) is 13.6. The molecule has 3 N–H and O–H groups in total. The summed E-state index contributed by atoms with van der Waals surface area (Å²) in [6, 6.07) is -0.841. The Hall–Kier alpha value is -1.02. The number of amides is 1. The van der Waals surface area contributed by atoms with Gasteiger partial charge in [0.2, 0.25) is 5.91 Å². The normalized spacial score (nSPS) is 15.1. The van der Waals surface area contributed by atoms with E-state index in [1.807, 2.05) is 27.2 Å². The molecular weight excluding hydrogens is 587 g/mol. The van der Waals surface area contributed by atoms with E-state index in [9.17, 15) is 19.4 Å². The van der Waals surface area contributed by atoms with Gasteiger partial charge in [0.15, 0.2) is 0 Å². The molecule has 45 heavy (non-hydrogen) atoms. The summed E-state index contributed by atoms with van der Waals surface area (Å²) in [5.74, 6) is -0.189. The van der Waals surface area contributed by atoms with Crippen molar-refractivity contribution in [1.82, 2.24) is 5.32 Å². The first kappa shape index (κ1) is 44.0. The minimum Gasteiger partial charge on any atom is -0.387 e. The third kappa shape index (κ3) is 31.4. The van der Waals surface area contributed by atoms with Crippen LogP contribution in [0, 0.1) is 0 Å². The molecule has 0 saturated heterocycles. The monoisotopic (exact) mass is 660 g/mol. The van der Waals surface area contributed by atoms with Crippen molar-refractivity contribution in [3.05, 3.63) is 24.3 Å². The number of likely N-dealkylation sites (N-methyl/N-ethyl adjacent to an activating group) is 1. The van der Waals surface area contributed by atoms with Crippen molar-refractivity contribution in [1.29, 1.82) is 0 Å². The number of aliphatic hydroxyl groups excluding tert-OH is 1. The van der Waals surface area contributed by atoms with Gasteiger partial charge in [-0.15, -0.1) is 0 Å². The lowest BCUT2D eigenvalue weighted by Crippen LogP contribution is -2.45. The highest BCUT2D eigenvalue weighted by Gasteiger charge is 2.27. The molecule has 8 nitrogen and oxygen atoms in total. The van der Waals surface area contributed by atoms with E-state index in [0.29, 0.717) is 17.4 Å². The maximum Gasteiger partial charge on any atom is 0.472 e. The standard InChI is InChI=1S/C36H71N2O6P/c1-6-8-10-12-14-15-16-17-18-19-20-21-22-23-24-26-28-30-36(40)37-34(35(39)29-27-25-13-11-9-7-2)33-44-45(41,42)43-32-31-38(3,4)5/h17-18,27,29,34-35,39H,6-16,19-26,28,30-33H2,1-5H3,(H-,37,40,41,42)/p+1/b18-17-,29-27+. The number of hydrogen-bond donors (Lipinski definition) is 3. The van der Waals surface area contributed by atoms with Crippen molar-refractivity contribution in [3.8, 4) is 0 Å². The Morgan fingerprint density at radius 1 is 0.733 bits per heavy atom. The maximum absolute atomic E-state index is 12.7. The van der Waals surface area contributed by atoms with Crippen molar-refractivity contribution < 1.29 is 32.9 Å². The molecule has 0 aliphatic carbocycles. The largest absolute Gasteiger partial charge is 0.472 e. The van der Waals surface area contributed by atoms with E-state index in [0.717, 1.165) is 44.9 Å². The number of allylic oxidation sites excluding steroid dienone is 3. The van der Waals surface area contributed by atoms with Crippen LogP contribution in [0.25, 0.3) is 0 Å². The Labute approximate surface area is 277 Å².